The lowest BCUT2D eigenvalue weighted by Crippen LogP contribution is -2.14. The van der Waals surface area contributed by atoms with Crippen molar-refractivity contribution in [2.45, 2.75) is 33.5 Å². The van der Waals surface area contributed by atoms with Crippen molar-refractivity contribution >= 4 is 27.8 Å². The summed E-state index contributed by atoms with van der Waals surface area (Å²) in [6.07, 6.45) is -2.92. The van der Waals surface area contributed by atoms with E-state index in [2.05, 4.69) is 4.98 Å². The molecule has 0 atom stereocenters. The van der Waals surface area contributed by atoms with Crippen LogP contribution in [0.3, 0.4) is 0 Å². The molecule has 160 valence electrons. The molecule has 4 aromatic rings. The normalized spacial score (nSPS) is 11.9. The maximum atomic E-state index is 13.2. The SMILES string of the molecule is CCOC(=O)Cn1c(C)c(-c2ccnc3cc(C(F)(F)F)ccc23)c2cc(C)ccc21. The largest absolute Gasteiger partial charge is 0.465 e. The van der Waals surface area contributed by atoms with Crippen molar-refractivity contribution < 1.29 is 22.7 Å². The first kappa shape index (κ1) is 20.9. The highest BCUT2D eigenvalue weighted by atomic mass is 19.4. The second kappa shape index (κ2) is 7.72. The van der Waals surface area contributed by atoms with Crippen LogP contribution in [0.1, 0.15) is 23.7 Å². The van der Waals surface area contributed by atoms with Gasteiger partial charge in [0.2, 0.25) is 0 Å². The highest BCUT2D eigenvalue weighted by molar-refractivity contribution is 6.06. The molecule has 0 saturated carbocycles. The Labute approximate surface area is 177 Å². The fraction of sp³-hybridized carbons (Fsp3) is 0.250. The molecular formula is C24H21F3N2O2. The van der Waals surface area contributed by atoms with Gasteiger partial charge in [0.25, 0.3) is 0 Å². The van der Waals surface area contributed by atoms with Crippen LogP contribution in [0.15, 0.2) is 48.7 Å². The highest BCUT2D eigenvalue weighted by Gasteiger charge is 2.31. The van der Waals surface area contributed by atoms with Crippen LogP contribution in [0, 0.1) is 13.8 Å². The number of aryl methyl sites for hydroxylation is 1. The van der Waals surface area contributed by atoms with Gasteiger partial charge < -0.3 is 9.30 Å². The maximum Gasteiger partial charge on any atom is 0.416 e. The third kappa shape index (κ3) is 3.76. The van der Waals surface area contributed by atoms with Gasteiger partial charge in [-0.25, -0.2) is 0 Å². The Kier molecular flexibility index (Phi) is 5.21. The van der Waals surface area contributed by atoms with Crippen LogP contribution in [0.5, 0.6) is 0 Å². The predicted octanol–water partition coefficient (Wildman–Crippen LogP) is 6.06. The predicted molar refractivity (Wildman–Crippen MR) is 114 cm³/mol. The van der Waals surface area contributed by atoms with Crippen LogP contribution in [0.4, 0.5) is 13.2 Å². The molecule has 0 N–H and O–H groups in total. The molecule has 2 aromatic carbocycles. The van der Waals surface area contributed by atoms with Crippen molar-refractivity contribution in [2.24, 2.45) is 0 Å². The molecule has 7 heteroatoms. The number of halogens is 3. The zero-order chi connectivity index (χ0) is 22.3. The van der Waals surface area contributed by atoms with Gasteiger partial charge in [0.05, 0.1) is 17.7 Å². The minimum atomic E-state index is -4.44. The quantitative estimate of drug-likeness (QED) is 0.373. The zero-order valence-electron chi connectivity index (χ0n) is 17.4. The smallest absolute Gasteiger partial charge is 0.416 e. The molecule has 0 aliphatic heterocycles. The summed E-state index contributed by atoms with van der Waals surface area (Å²) in [4.78, 5) is 16.4. The van der Waals surface area contributed by atoms with E-state index in [-0.39, 0.29) is 18.0 Å². The average molecular weight is 426 g/mol. The standard InChI is InChI=1S/C24H21F3N2O2/c1-4-31-22(30)13-29-15(3)23(19-11-14(2)5-8-21(19)29)18-9-10-28-20-12-16(24(25,26)27)6-7-17(18)20/h5-12H,4,13H2,1-3H3. The van der Waals surface area contributed by atoms with Crippen molar-refractivity contribution in [3.05, 3.63) is 65.5 Å². The first-order valence-corrected chi connectivity index (χ1v) is 9.92. The summed E-state index contributed by atoms with van der Waals surface area (Å²) in [6.45, 7) is 5.98. The second-order valence-corrected chi connectivity index (χ2v) is 7.46. The van der Waals surface area contributed by atoms with E-state index in [9.17, 15) is 18.0 Å². The summed E-state index contributed by atoms with van der Waals surface area (Å²) < 4.78 is 46.5. The van der Waals surface area contributed by atoms with E-state index in [1.54, 1.807) is 13.0 Å². The number of aromatic nitrogens is 2. The van der Waals surface area contributed by atoms with E-state index in [1.165, 1.54) is 12.3 Å². The van der Waals surface area contributed by atoms with Crippen molar-refractivity contribution in [3.63, 3.8) is 0 Å². The summed E-state index contributed by atoms with van der Waals surface area (Å²) >= 11 is 0. The molecule has 0 amide bonds. The lowest BCUT2D eigenvalue weighted by Gasteiger charge is -2.11. The number of carbonyl (C=O) groups excluding carboxylic acids is 1. The number of hydrogen-bond acceptors (Lipinski definition) is 3. The van der Waals surface area contributed by atoms with Crippen molar-refractivity contribution in [2.75, 3.05) is 6.61 Å². The molecule has 0 aliphatic carbocycles. The van der Waals surface area contributed by atoms with Gasteiger partial charge in [0.15, 0.2) is 0 Å². The molecule has 31 heavy (non-hydrogen) atoms. The molecule has 0 spiro atoms. The van der Waals surface area contributed by atoms with Gasteiger partial charge in [-0.2, -0.15) is 13.2 Å². The monoisotopic (exact) mass is 426 g/mol. The third-order valence-corrected chi connectivity index (χ3v) is 5.41. The topological polar surface area (TPSA) is 44.1 Å². The second-order valence-electron chi connectivity index (χ2n) is 7.46. The summed E-state index contributed by atoms with van der Waals surface area (Å²) in [5.41, 5.74) is 3.92. The molecule has 4 rings (SSSR count). The zero-order valence-corrected chi connectivity index (χ0v) is 17.4. The van der Waals surface area contributed by atoms with Gasteiger partial charge in [-0.1, -0.05) is 17.7 Å². The van der Waals surface area contributed by atoms with Gasteiger partial charge >= 0.3 is 12.1 Å². The molecule has 2 heterocycles. The van der Waals surface area contributed by atoms with Gasteiger partial charge in [-0.05, 0) is 56.7 Å². The number of carbonyl (C=O) groups is 1. The average Bonchev–Trinajstić information content (AvgIpc) is 2.97. The fourth-order valence-electron chi connectivity index (χ4n) is 4.02. The molecule has 0 bridgehead atoms. The van der Waals surface area contributed by atoms with Gasteiger partial charge in [0.1, 0.15) is 6.54 Å². The van der Waals surface area contributed by atoms with Crippen molar-refractivity contribution in [3.8, 4) is 11.1 Å². The molecule has 0 unspecified atom stereocenters. The molecule has 0 fully saturated rings. The lowest BCUT2D eigenvalue weighted by molar-refractivity contribution is -0.143. The third-order valence-electron chi connectivity index (χ3n) is 5.41. The first-order chi connectivity index (χ1) is 14.7. The summed E-state index contributed by atoms with van der Waals surface area (Å²) in [5.74, 6) is -0.343. The van der Waals surface area contributed by atoms with Gasteiger partial charge in [0, 0.05) is 33.7 Å². The van der Waals surface area contributed by atoms with Crippen LogP contribution in [0.2, 0.25) is 0 Å². The van der Waals surface area contributed by atoms with E-state index in [0.717, 1.165) is 45.4 Å². The molecule has 4 nitrogen and oxygen atoms in total. The Hall–Kier alpha value is -3.35. The number of nitrogens with zero attached hydrogens (tertiary/aromatic N) is 2. The summed E-state index contributed by atoms with van der Waals surface area (Å²) in [5, 5.41) is 1.55. The number of pyridine rings is 1. The number of alkyl halides is 3. The Balaban J connectivity index is 1.98. The van der Waals surface area contributed by atoms with Crippen molar-refractivity contribution in [1.82, 2.24) is 9.55 Å². The van der Waals surface area contributed by atoms with Crippen molar-refractivity contribution in [1.29, 1.82) is 0 Å². The minimum absolute atomic E-state index is 0.0560. The Morgan fingerprint density at radius 3 is 2.55 bits per heavy atom. The van der Waals surface area contributed by atoms with Crippen LogP contribution >= 0.6 is 0 Å². The fourth-order valence-corrected chi connectivity index (χ4v) is 4.02. The number of fused-ring (bicyclic) bond motifs is 2. The molecule has 2 aromatic heterocycles. The molecule has 0 aliphatic rings. The Morgan fingerprint density at radius 1 is 1.06 bits per heavy atom. The Morgan fingerprint density at radius 2 is 1.84 bits per heavy atom. The summed E-state index contributed by atoms with van der Waals surface area (Å²) in [6, 6.07) is 11.3. The Bertz CT molecular complexity index is 1310. The minimum Gasteiger partial charge on any atom is -0.465 e. The molecular weight excluding hydrogens is 405 g/mol. The van der Waals surface area contributed by atoms with E-state index in [0.29, 0.717) is 12.0 Å². The summed E-state index contributed by atoms with van der Waals surface area (Å²) in [7, 11) is 0. The van der Waals surface area contributed by atoms with E-state index >= 15 is 0 Å². The van der Waals surface area contributed by atoms with E-state index < -0.39 is 11.7 Å². The number of hydrogen-bond donors (Lipinski definition) is 0. The molecule has 0 saturated heterocycles. The van der Waals surface area contributed by atoms with Crippen LogP contribution in [-0.4, -0.2) is 22.1 Å². The molecule has 0 radical (unpaired) electrons. The number of benzene rings is 2. The van der Waals surface area contributed by atoms with E-state index in [1.807, 2.05) is 36.6 Å². The van der Waals surface area contributed by atoms with Gasteiger partial charge in [-0.15, -0.1) is 0 Å². The van der Waals surface area contributed by atoms with Crippen LogP contribution in [0.25, 0.3) is 32.9 Å². The lowest BCUT2D eigenvalue weighted by atomic mass is 9.97. The van der Waals surface area contributed by atoms with E-state index in [4.69, 9.17) is 4.74 Å². The first-order valence-electron chi connectivity index (χ1n) is 9.92. The number of ether oxygens (including phenoxy) is 1. The van der Waals surface area contributed by atoms with Crippen LogP contribution in [-0.2, 0) is 22.3 Å². The maximum absolute atomic E-state index is 13.2. The number of rotatable bonds is 4. The van der Waals surface area contributed by atoms with Gasteiger partial charge in [-0.3, -0.25) is 9.78 Å². The van der Waals surface area contributed by atoms with Crippen LogP contribution < -0.4 is 0 Å². The number of esters is 1. The highest BCUT2D eigenvalue weighted by Crippen LogP contribution is 2.39.